The van der Waals surface area contributed by atoms with Gasteiger partial charge in [0.1, 0.15) is 35.2 Å². The molecule has 0 saturated heterocycles. The second-order valence-electron chi connectivity index (χ2n) is 7.31. The molecule has 0 saturated carbocycles. The van der Waals surface area contributed by atoms with Crippen LogP contribution in [0.3, 0.4) is 0 Å². The number of carbonyl (C=O) groups excluding carboxylic acids is 2. The van der Waals surface area contributed by atoms with Crippen LogP contribution < -0.4 is 9.47 Å². The molecule has 0 aliphatic rings. The van der Waals surface area contributed by atoms with E-state index in [4.69, 9.17) is 14.7 Å². The van der Waals surface area contributed by atoms with E-state index in [1.54, 1.807) is 24.3 Å². The summed E-state index contributed by atoms with van der Waals surface area (Å²) in [6.07, 6.45) is -1.35. The monoisotopic (exact) mass is 539 g/mol. The Labute approximate surface area is 218 Å². The van der Waals surface area contributed by atoms with Crippen molar-refractivity contribution < 1.29 is 38.9 Å². The summed E-state index contributed by atoms with van der Waals surface area (Å²) in [4.78, 5) is 55.6. The lowest BCUT2D eigenvalue weighted by Crippen LogP contribution is -2.26. The molecule has 0 aromatic heterocycles. The molecule has 194 valence electrons. The number of nitriles is 1. The van der Waals surface area contributed by atoms with E-state index in [1.807, 2.05) is 5.40 Å². The fraction of sp³-hybridized carbons (Fsp3) is 0.125. The lowest BCUT2D eigenvalue weighted by molar-refractivity contribution is -0.789. The third kappa shape index (κ3) is 8.21. The number of rotatable bonds is 12. The number of ether oxygens (including phenoxy) is 2. The van der Waals surface area contributed by atoms with Crippen LogP contribution in [-0.4, -0.2) is 34.8 Å². The highest BCUT2D eigenvalue weighted by atomic mass is 32.2. The van der Waals surface area contributed by atoms with Gasteiger partial charge >= 0.3 is 11.9 Å². The van der Waals surface area contributed by atoms with Gasteiger partial charge in [0.2, 0.25) is 0 Å². The van der Waals surface area contributed by atoms with Crippen molar-refractivity contribution in [2.75, 3.05) is 6.61 Å². The van der Waals surface area contributed by atoms with E-state index in [0.717, 1.165) is 11.8 Å². The molecule has 0 aliphatic carbocycles. The summed E-state index contributed by atoms with van der Waals surface area (Å²) < 4.78 is 10.7. The lowest BCUT2D eigenvalue weighted by atomic mass is 10.1. The zero-order valence-corrected chi connectivity index (χ0v) is 20.1. The Hall–Kier alpha value is -5.16. The third-order valence-corrected chi connectivity index (χ3v) is 5.36. The van der Waals surface area contributed by atoms with Crippen molar-refractivity contribution in [1.82, 2.24) is 0 Å². The maximum atomic E-state index is 12.7. The van der Waals surface area contributed by atoms with E-state index in [-0.39, 0.29) is 29.0 Å². The number of esters is 2. The summed E-state index contributed by atoms with van der Waals surface area (Å²) in [5.74, 6) is -1.36. The van der Waals surface area contributed by atoms with Crippen LogP contribution in [-0.2, 0) is 16.1 Å². The van der Waals surface area contributed by atoms with E-state index in [9.17, 15) is 29.8 Å². The van der Waals surface area contributed by atoms with Gasteiger partial charge in [-0.25, -0.2) is 9.59 Å². The summed E-state index contributed by atoms with van der Waals surface area (Å²) in [7, 11) is 0. The molecule has 0 aliphatic heterocycles. The molecule has 3 aromatic rings. The van der Waals surface area contributed by atoms with E-state index < -0.39 is 34.8 Å². The highest BCUT2D eigenvalue weighted by Gasteiger charge is 2.20. The fourth-order valence-corrected chi connectivity index (χ4v) is 3.48. The molecule has 1 atom stereocenters. The van der Waals surface area contributed by atoms with Crippen molar-refractivity contribution in [2.24, 2.45) is 0 Å². The summed E-state index contributed by atoms with van der Waals surface area (Å²) in [5, 5.41) is 29.5. The minimum absolute atomic E-state index is 0.00138. The summed E-state index contributed by atoms with van der Waals surface area (Å²) in [6, 6.07) is 18.0. The maximum absolute atomic E-state index is 12.7. The number of thioether (sulfide) groups is 1. The molecule has 14 heteroatoms. The number of benzene rings is 3. The van der Waals surface area contributed by atoms with E-state index in [2.05, 4.69) is 9.68 Å². The summed E-state index contributed by atoms with van der Waals surface area (Å²) >= 11 is 0.960. The van der Waals surface area contributed by atoms with Gasteiger partial charge in [-0.15, -0.1) is 20.2 Å². The van der Waals surface area contributed by atoms with Crippen LogP contribution in [0.2, 0.25) is 0 Å². The van der Waals surface area contributed by atoms with Crippen LogP contribution in [0.5, 0.6) is 11.5 Å². The number of para-hydroxylation sites is 1. The molecule has 0 heterocycles. The molecule has 0 fully saturated rings. The van der Waals surface area contributed by atoms with Crippen molar-refractivity contribution in [2.45, 2.75) is 17.4 Å². The van der Waals surface area contributed by atoms with Gasteiger partial charge < -0.3 is 19.1 Å². The van der Waals surface area contributed by atoms with Gasteiger partial charge in [-0.05, 0) is 65.9 Å². The maximum Gasteiger partial charge on any atom is 0.347 e. The fourth-order valence-electron chi connectivity index (χ4n) is 3.11. The SMILES string of the molecule is N#CSc1ccc(OC(=O)c2ccccc2OC(=O)c2ccc(CC(CO[N+](=O)[O-])O[N+](=O)[O-])cc2)cc1. The Bertz CT molecular complexity index is 1360. The molecule has 3 rings (SSSR count). The van der Waals surface area contributed by atoms with Gasteiger partial charge in [-0.3, -0.25) is 0 Å². The quantitative estimate of drug-likeness (QED) is 0.0806. The predicted molar refractivity (Wildman–Crippen MR) is 129 cm³/mol. The van der Waals surface area contributed by atoms with Gasteiger partial charge in [-0.2, -0.15) is 5.26 Å². The van der Waals surface area contributed by atoms with Crippen molar-refractivity contribution in [3.8, 4) is 16.9 Å². The van der Waals surface area contributed by atoms with Crippen molar-refractivity contribution >= 4 is 23.7 Å². The second-order valence-corrected chi connectivity index (χ2v) is 8.17. The van der Waals surface area contributed by atoms with Crippen molar-refractivity contribution in [1.29, 1.82) is 5.26 Å². The average molecular weight is 539 g/mol. The number of hydrogen-bond acceptors (Lipinski definition) is 12. The average Bonchev–Trinajstić information content (AvgIpc) is 2.89. The van der Waals surface area contributed by atoms with E-state index in [0.29, 0.717) is 10.5 Å². The highest BCUT2D eigenvalue weighted by Crippen LogP contribution is 2.24. The van der Waals surface area contributed by atoms with Gasteiger partial charge in [0.15, 0.2) is 0 Å². The Balaban J connectivity index is 1.66. The van der Waals surface area contributed by atoms with Crippen LogP contribution in [0.25, 0.3) is 0 Å². The molecular weight excluding hydrogens is 522 g/mol. The van der Waals surface area contributed by atoms with Gasteiger partial charge in [0, 0.05) is 11.3 Å². The molecule has 13 nitrogen and oxygen atoms in total. The number of hydrogen-bond donors (Lipinski definition) is 0. The Morgan fingerprint density at radius 1 is 0.895 bits per heavy atom. The molecule has 0 spiro atoms. The van der Waals surface area contributed by atoms with Crippen LogP contribution in [0.1, 0.15) is 26.3 Å². The van der Waals surface area contributed by atoms with Crippen LogP contribution >= 0.6 is 11.8 Å². The standard InChI is InChI=1S/C24H17N3O10S/c25-15-38-20-11-9-18(10-12-20)35-24(29)21-3-1-2-4-22(21)36-23(28)17-7-5-16(6-8-17)13-19(37-27(32)33)14-34-26(30)31/h1-12,19H,13-14H2. The minimum Gasteiger partial charge on any atom is -0.423 e. The first-order valence-corrected chi connectivity index (χ1v) is 11.4. The summed E-state index contributed by atoms with van der Waals surface area (Å²) in [5.41, 5.74) is 0.581. The van der Waals surface area contributed by atoms with Gasteiger partial charge in [0.25, 0.3) is 10.2 Å². The topological polar surface area (TPSA) is 181 Å². The molecule has 0 N–H and O–H groups in total. The van der Waals surface area contributed by atoms with Crippen molar-refractivity contribution in [3.05, 3.63) is 110 Å². The molecule has 3 aromatic carbocycles. The van der Waals surface area contributed by atoms with Gasteiger partial charge in [-0.1, -0.05) is 24.3 Å². The van der Waals surface area contributed by atoms with E-state index in [1.165, 1.54) is 48.5 Å². The smallest absolute Gasteiger partial charge is 0.347 e. The van der Waals surface area contributed by atoms with E-state index >= 15 is 0 Å². The number of thiocyanates is 1. The lowest BCUT2D eigenvalue weighted by Gasteiger charge is -2.14. The minimum atomic E-state index is -1.24. The number of nitrogens with zero attached hydrogens (tertiary/aromatic N) is 3. The first kappa shape index (κ1) is 27.4. The zero-order valence-electron chi connectivity index (χ0n) is 19.3. The molecule has 38 heavy (non-hydrogen) atoms. The molecule has 0 bridgehead atoms. The third-order valence-electron chi connectivity index (χ3n) is 4.76. The van der Waals surface area contributed by atoms with Gasteiger partial charge in [0.05, 0.1) is 5.56 Å². The molecular formula is C24H17N3O10S. The second kappa shape index (κ2) is 13.2. The van der Waals surface area contributed by atoms with Crippen LogP contribution in [0.4, 0.5) is 0 Å². The first-order chi connectivity index (χ1) is 18.2. The molecule has 0 radical (unpaired) electrons. The predicted octanol–water partition coefficient (Wildman–Crippen LogP) is 4.03. The normalized spacial score (nSPS) is 10.9. The largest absolute Gasteiger partial charge is 0.423 e. The van der Waals surface area contributed by atoms with Crippen LogP contribution in [0, 0.1) is 30.9 Å². The van der Waals surface area contributed by atoms with Crippen molar-refractivity contribution in [3.63, 3.8) is 0 Å². The first-order valence-electron chi connectivity index (χ1n) is 10.6. The summed E-state index contributed by atoms with van der Waals surface area (Å²) in [6.45, 7) is -0.659. The Kier molecular flexibility index (Phi) is 9.55. The molecule has 0 amide bonds. The Morgan fingerprint density at radius 2 is 1.58 bits per heavy atom. The Morgan fingerprint density at radius 3 is 2.21 bits per heavy atom. The zero-order chi connectivity index (χ0) is 27.5. The van der Waals surface area contributed by atoms with Crippen LogP contribution in [0.15, 0.2) is 77.7 Å². The molecule has 1 unspecified atom stereocenters. The highest BCUT2D eigenvalue weighted by molar-refractivity contribution is 8.03. The number of carbonyl (C=O) groups is 2.